The Kier molecular flexibility index (Phi) is 6.54. The highest BCUT2D eigenvalue weighted by Crippen LogP contribution is 2.27. The van der Waals surface area contributed by atoms with E-state index < -0.39 is 0 Å². The second-order valence-electron chi connectivity index (χ2n) is 6.55. The average Bonchev–Trinajstić information content (AvgIpc) is 2.69. The molecule has 0 bridgehead atoms. The summed E-state index contributed by atoms with van der Waals surface area (Å²) in [6.07, 6.45) is 0.370. The number of carbonyl (C=O) groups is 1. The molecule has 1 fully saturated rings. The van der Waals surface area contributed by atoms with Crippen molar-refractivity contribution in [2.24, 2.45) is 0 Å². The summed E-state index contributed by atoms with van der Waals surface area (Å²) >= 11 is 0. The number of ether oxygens (including phenoxy) is 2. The van der Waals surface area contributed by atoms with Gasteiger partial charge in [-0.05, 0) is 36.8 Å². The van der Waals surface area contributed by atoms with E-state index in [-0.39, 0.29) is 5.91 Å². The van der Waals surface area contributed by atoms with Crippen molar-refractivity contribution >= 4 is 23.0 Å². The molecule has 1 amide bonds. The fraction of sp³-hybridized carbons (Fsp3) is 0.381. The predicted octanol–water partition coefficient (Wildman–Crippen LogP) is 3.28. The zero-order valence-electron chi connectivity index (χ0n) is 16.0. The molecule has 0 spiro atoms. The van der Waals surface area contributed by atoms with Gasteiger partial charge in [0.15, 0.2) is 0 Å². The molecule has 144 valence electrons. The summed E-state index contributed by atoms with van der Waals surface area (Å²) in [5, 5.41) is 6.33. The Morgan fingerprint density at radius 2 is 1.93 bits per heavy atom. The largest absolute Gasteiger partial charge is 0.495 e. The van der Waals surface area contributed by atoms with Crippen LogP contribution in [0.2, 0.25) is 0 Å². The van der Waals surface area contributed by atoms with E-state index in [0.29, 0.717) is 24.4 Å². The SMILES string of the molecule is COc1ccc(C)cc1NC(=O)CCNc1ccccc1N1CCOCC1. The molecule has 0 aromatic heterocycles. The molecule has 0 atom stereocenters. The number of benzene rings is 2. The minimum atomic E-state index is -0.0461. The molecule has 0 unspecified atom stereocenters. The van der Waals surface area contributed by atoms with Gasteiger partial charge in [-0.15, -0.1) is 0 Å². The van der Waals surface area contributed by atoms with Gasteiger partial charge in [0.05, 0.1) is 37.4 Å². The number of methoxy groups -OCH3 is 1. The topological polar surface area (TPSA) is 62.8 Å². The van der Waals surface area contributed by atoms with Crippen LogP contribution in [0.5, 0.6) is 5.75 Å². The van der Waals surface area contributed by atoms with Crippen LogP contribution in [0.1, 0.15) is 12.0 Å². The Bertz CT molecular complexity index is 773. The number of morpholine rings is 1. The molecule has 6 heteroatoms. The third-order valence-electron chi connectivity index (χ3n) is 4.55. The van der Waals surface area contributed by atoms with E-state index in [1.54, 1.807) is 7.11 Å². The zero-order valence-corrected chi connectivity index (χ0v) is 16.0. The van der Waals surface area contributed by atoms with Gasteiger partial charge >= 0.3 is 0 Å². The molecule has 0 radical (unpaired) electrons. The van der Waals surface area contributed by atoms with Crippen LogP contribution in [0.25, 0.3) is 0 Å². The molecule has 0 aliphatic carbocycles. The van der Waals surface area contributed by atoms with E-state index in [1.165, 1.54) is 0 Å². The summed E-state index contributed by atoms with van der Waals surface area (Å²) in [5.74, 6) is 0.620. The molecular weight excluding hydrogens is 342 g/mol. The summed E-state index contributed by atoms with van der Waals surface area (Å²) in [6.45, 7) is 5.79. The summed E-state index contributed by atoms with van der Waals surface area (Å²) in [7, 11) is 1.60. The Morgan fingerprint density at radius 1 is 1.15 bits per heavy atom. The van der Waals surface area contributed by atoms with Gasteiger partial charge in [0, 0.05) is 26.1 Å². The zero-order chi connectivity index (χ0) is 19.1. The third-order valence-corrected chi connectivity index (χ3v) is 4.55. The maximum atomic E-state index is 12.3. The molecule has 2 N–H and O–H groups in total. The maximum Gasteiger partial charge on any atom is 0.226 e. The second kappa shape index (κ2) is 9.28. The molecular formula is C21H27N3O3. The monoisotopic (exact) mass is 369 g/mol. The number of para-hydroxylation sites is 2. The number of hydrogen-bond acceptors (Lipinski definition) is 5. The Balaban J connectivity index is 1.56. The van der Waals surface area contributed by atoms with E-state index in [4.69, 9.17) is 9.47 Å². The first-order valence-corrected chi connectivity index (χ1v) is 9.27. The second-order valence-corrected chi connectivity index (χ2v) is 6.55. The summed E-state index contributed by atoms with van der Waals surface area (Å²) in [4.78, 5) is 14.6. The van der Waals surface area contributed by atoms with Crippen molar-refractivity contribution in [1.82, 2.24) is 0 Å². The first-order valence-electron chi connectivity index (χ1n) is 9.27. The summed E-state index contributed by atoms with van der Waals surface area (Å²) in [5.41, 5.74) is 3.97. The molecule has 1 aliphatic rings. The smallest absolute Gasteiger partial charge is 0.226 e. The minimum Gasteiger partial charge on any atom is -0.495 e. The van der Waals surface area contributed by atoms with Crippen molar-refractivity contribution < 1.29 is 14.3 Å². The number of nitrogens with one attached hydrogen (secondary N) is 2. The lowest BCUT2D eigenvalue weighted by Crippen LogP contribution is -2.36. The lowest BCUT2D eigenvalue weighted by Gasteiger charge is -2.30. The van der Waals surface area contributed by atoms with E-state index >= 15 is 0 Å². The van der Waals surface area contributed by atoms with Crippen LogP contribution in [-0.4, -0.2) is 45.9 Å². The lowest BCUT2D eigenvalue weighted by atomic mass is 10.2. The van der Waals surface area contributed by atoms with Crippen molar-refractivity contribution in [2.75, 3.05) is 55.5 Å². The van der Waals surface area contributed by atoms with Gasteiger partial charge in [0.25, 0.3) is 0 Å². The van der Waals surface area contributed by atoms with Crippen LogP contribution in [0.3, 0.4) is 0 Å². The molecule has 2 aromatic rings. The molecule has 1 heterocycles. The van der Waals surface area contributed by atoms with E-state index in [2.05, 4.69) is 21.6 Å². The van der Waals surface area contributed by atoms with Gasteiger partial charge in [0.2, 0.25) is 5.91 Å². The van der Waals surface area contributed by atoms with Crippen molar-refractivity contribution in [1.29, 1.82) is 0 Å². The normalized spacial score (nSPS) is 13.9. The number of nitrogens with zero attached hydrogens (tertiary/aromatic N) is 1. The molecule has 27 heavy (non-hydrogen) atoms. The van der Waals surface area contributed by atoms with Gasteiger partial charge in [-0.25, -0.2) is 0 Å². The van der Waals surface area contributed by atoms with Crippen LogP contribution in [0, 0.1) is 6.92 Å². The Morgan fingerprint density at radius 3 is 2.70 bits per heavy atom. The Hall–Kier alpha value is -2.73. The molecule has 0 saturated carbocycles. The van der Waals surface area contributed by atoms with Crippen LogP contribution >= 0.6 is 0 Å². The van der Waals surface area contributed by atoms with E-state index in [9.17, 15) is 4.79 Å². The van der Waals surface area contributed by atoms with E-state index in [1.807, 2.05) is 43.3 Å². The average molecular weight is 369 g/mol. The van der Waals surface area contributed by atoms with Crippen molar-refractivity contribution in [3.63, 3.8) is 0 Å². The summed E-state index contributed by atoms with van der Waals surface area (Å²) in [6, 6.07) is 13.9. The highest BCUT2D eigenvalue weighted by molar-refractivity contribution is 5.92. The highest BCUT2D eigenvalue weighted by atomic mass is 16.5. The number of carbonyl (C=O) groups excluding carboxylic acids is 1. The lowest BCUT2D eigenvalue weighted by molar-refractivity contribution is -0.116. The van der Waals surface area contributed by atoms with Gasteiger partial charge in [-0.3, -0.25) is 4.79 Å². The van der Waals surface area contributed by atoms with Gasteiger partial charge in [0.1, 0.15) is 5.75 Å². The van der Waals surface area contributed by atoms with Crippen LogP contribution in [0.4, 0.5) is 17.1 Å². The third kappa shape index (κ3) is 5.14. The fourth-order valence-electron chi connectivity index (χ4n) is 3.15. The highest BCUT2D eigenvalue weighted by Gasteiger charge is 2.14. The van der Waals surface area contributed by atoms with Gasteiger partial charge in [-0.1, -0.05) is 18.2 Å². The molecule has 3 rings (SSSR count). The van der Waals surface area contributed by atoms with Crippen molar-refractivity contribution in [3.8, 4) is 5.75 Å². The minimum absolute atomic E-state index is 0.0461. The first-order chi connectivity index (χ1) is 13.2. The molecule has 6 nitrogen and oxygen atoms in total. The predicted molar refractivity (Wildman–Crippen MR) is 109 cm³/mol. The number of amides is 1. The number of aryl methyl sites for hydroxylation is 1. The van der Waals surface area contributed by atoms with Crippen LogP contribution in [0.15, 0.2) is 42.5 Å². The van der Waals surface area contributed by atoms with Crippen LogP contribution < -0.4 is 20.3 Å². The standard InChI is InChI=1S/C21H27N3O3/c1-16-7-8-20(26-2)18(15-16)23-21(25)9-10-22-17-5-3-4-6-19(17)24-11-13-27-14-12-24/h3-8,15,22H,9-14H2,1-2H3,(H,23,25). The van der Waals surface area contributed by atoms with Gasteiger partial charge in [-0.2, -0.15) is 0 Å². The number of hydrogen-bond donors (Lipinski definition) is 2. The van der Waals surface area contributed by atoms with Crippen LogP contribution in [-0.2, 0) is 9.53 Å². The van der Waals surface area contributed by atoms with E-state index in [0.717, 1.165) is 43.2 Å². The number of rotatable bonds is 7. The number of anilines is 3. The Labute approximate surface area is 160 Å². The summed E-state index contributed by atoms with van der Waals surface area (Å²) < 4.78 is 10.7. The quantitative estimate of drug-likeness (QED) is 0.784. The molecule has 1 aliphatic heterocycles. The van der Waals surface area contributed by atoms with Crippen molar-refractivity contribution in [2.45, 2.75) is 13.3 Å². The van der Waals surface area contributed by atoms with Crippen molar-refractivity contribution in [3.05, 3.63) is 48.0 Å². The molecule has 1 saturated heterocycles. The van der Waals surface area contributed by atoms with Gasteiger partial charge < -0.3 is 25.0 Å². The molecule has 2 aromatic carbocycles. The maximum absolute atomic E-state index is 12.3. The fourth-order valence-corrected chi connectivity index (χ4v) is 3.15. The first kappa shape index (κ1) is 19.0.